The van der Waals surface area contributed by atoms with Gasteiger partial charge >= 0.3 is 0 Å². The van der Waals surface area contributed by atoms with Crippen LogP contribution in [0.1, 0.15) is 51.0 Å². The first kappa shape index (κ1) is 32.1. The molecule has 3 aromatic carbocycles. The second kappa shape index (κ2) is 14.6. The fourth-order valence-corrected chi connectivity index (χ4v) is 7.25. The topological polar surface area (TPSA) is 86.8 Å². The fraction of sp³-hybridized carbons (Fsp3) is 0.355. The summed E-state index contributed by atoms with van der Waals surface area (Å²) in [4.78, 5) is 29.3. The summed E-state index contributed by atoms with van der Waals surface area (Å²) in [5.41, 5.74) is 0.731. The summed E-state index contributed by atoms with van der Waals surface area (Å²) in [6.45, 7) is 1.18. The van der Waals surface area contributed by atoms with E-state index in [-0.39, 0.29) is 29.1 Å². The van der Waals surface area contributed by atoms with Gasteiger partial charge in [-0.25, -0.2) is 8.42 Å². The first-order chi connectivity index (χ1) is 20.1. The highest BCUT2D eigenvalue weighted by Crippen LogP contribution is 2.29. The number of rotatable bonds is 11. The molecule has 7 nitrogen and oxygen atoms in total. The third-order valence-corrected chi connectivity index (χ3v) is 10.2. The molecule has 2 amide bonds. The monoisotopic (exact) mass is 649 g/mol. The molecule has 1 unspecified atom stereocenters. The Balaban J connectivity index is 1.72. The average Bonchev–Trinajstić information content (AvgIpc) is 2.98. The van der Waals surface area contributed by atoms with E-state index in [1.165, 1.54) is 17.0 Å². The van der Waals surface area contributed by atoms with Crippen molar-refractivity contribution >= 4 is 62.3 Å². The van der Waals surface area contributed by atoms with Crippen molar-refractivity contribution in [1.29, 1.82) is 0 Å². The van der Waals surface area contributed by atoms with Crippen LogP contribution in [0, 0.1) is 0 Å². The minimum absolute atomic E-state index is 0.0236. The van der Waals surface area contributed by atoms with Crippen LogP contribution in [-0.4, -0.2) is 43.8 Å². The first-order valence-electron chi connectivity index (χ1n) is 14.0. The third-order valence-electron chi connectivity index (χ3n) is 7.45. The highest BCUT2D eigenvalue weighted by molar-refractivity contribution is 7.92. The van der Waals surface area contributed by atoms with Crippen molar-refractivity contribution in [3.63, 3.8) is 0 Å². The minimum Gasteiger partial charge on any atom is -0.352 e. The summed E-state index contributed by atoms with van der Waals surface area (Å²) < 4.78 is 28.8. The highest BCUT2D eigenvalue weighted by atomic mass is 35.5. The van der Waals surface area contributed by atoms with E-state index in [1.807, 2.05) is 6.92 Å². The van der Waals surface area contributed by atoms with E-state index in [0.717, 1.165) is 36.4 Å². The van der Waals surface area contributed by atoms with Crippen LogP contribution in [0.4, 0.5) is 5.69 Å². The van der Waals surface area contributed by atoms with E-state index in [9.17, 15) is 18.0 Å². The molecular formula is C31H34Cl3N3O4S. The number of halogens is 3. The number of nitrogens with one attached hydrogen (secondary N) is 1. The molecule has 42 heavy (non-hydrogen) atoms. The number of carbonyl (C=O) groups is 2. The molecule has 1 aliphatic rings. The average molecular weight is 651 g/mol. The Bertz CT molecular complexity index is 1460. The van der Waals surface area contributed by atoms with Gasteiger partial charge in [-0.3, -0.25) is 13.9 Å². The molecule has 0 aromatic heterocycles. The van der Waals surface area contributed by atoms with Gasteiger partial charge in [-0.1, -0.05) is 85.3 Å². The molecule has 1 saturated carbocycles. The zero-order valence-electron chi connectivity index (χ0n) is 23.3. The van der Waals surface area contributed by atoms with Crippen LogP contribution in [0.2, 0.25) is 15.1 Å². The minimum atomic E-state index is -4.17. The summed E-state index contributed by atoms with van der Waals surface area (Å²) in [7, 11) is -4.17. The Morgan fingerprint density at radius 2 is 1.50 bits per heavy atom. The summed E-state index contributed by atoms with van der Waals surface area (Å²) in [5.74, 6) is -0.865. The zero-order chi connectivity index (χ0) is 30.3. The number of nitrogens with zero attached hydrogens (tertiary/aromatic N) is 2. The van der Waals surface area contributed by atoms with Gasteiger partial charge in [-0.05, 0) is 67.8 Å². The molecule has 1 aliphatic carbocycles. The van der Waals surface area contributed by atoms with Crippen molar-refractivity contribution in [3.05, 3.63) is 93.4 Å². The Labute approximate surface area is 262 Å². The van der Waals surface area contributed by atoms with Crippen molar-refractivity contribution in [3.8, 4) is 0 Å². The smallest absolute Gasteiger partial charge is 0.264 e. The predicted octanol–water partition coefficient (Wildman–Crippen LogP) is 7.10. The number of hydrogen-bond acceptors (Lipinski definition) is 4. The van der Waals surface area contributed by atoms with Crippen LogP contribution in [0.15, 0.2) is 77.7 Å². The van der Waals surface area contributed by atoms with Gasteiger partial charge < -0.3 is 10.2 Å². The molecule has 1 atom stereocenters. The molecule has 0 aliphatic heterocycles. The molecule has 0 spiro atoms. The van der Waals surface area contributed by atoms with Crippen molar-refractivity contribution in [2.24, 2.45) is 0 Å². The lowest BCUT2D eigenvalue weighted by Crippen LogP contribution is -2.54. The van der Waals surface area contributed by atoms with Crippen molar-refractivity contribution in [2.75, 3.05) is 10.8 Å². The second-order valence-electron chi connectivity index (χ2n) is 10.3. The third kappa shape index (κ3) is 7.78. The van der Waals surface area contributed by atoms with E-state index < -0.39 is 28.5 Å². The molecule has 224 valence electrons. The SMILES string of the molecule is CCC(C(=O)NC1CCCCC1)N(Cc1c(Cl)cccc1Cl)C(=O)CN(c1ccc(Cl)cc1)S(=O)(=O)c1ccccc1. The van der Waals surface area contributed by atoms with E-state index in [2.05, 4.69) is 5.32 Å². The normalized spacial score (nSPS) is 14.7. The van der Waals surface area contributed by atoms with Gasteiger partial charge in [0.05, 0.1) is 10.6 Å². The van der Waals surface area contributed by atoms with Gasteiger partial charge in [-0.2, -0.15) is 0 Å². The molecule has 3 aromatic rings. The van der Waals surface area contributed by atoms with Gasteiger partial charge in [0.15, 0.2) is 0 Å². The van der Waals surface area contributed by atoms with Gasteiger partial charge in [-0.15, -0.1) is 0 Å². The van der Waals surface area contributed by atoms with Gasteiger partial charge in [0.1, 0.15) is 12.6 Å². The largest absolute Gasteiger partial charge is 0.352 e. The summed E-state index contributed by atoms with van der Waals surface area (Å²) in [6, 6.07) is 18.2. The lowest BCUT2D eigenvalue weighted by molar-refractivity contribution is -0.140. The summed E-state index contributed by atoms with van der Waals surface area (Å²) in [5, 5.41) is 4.23. The summed E-state index contributed by atoms with van der Waals surface area (Å²) >= 11 is 19.1. The molecule has 4 rings (SSSR count). The number of benzene rings is 3. The quantitative estimate of drug-likeness (QED) is 0.240. The Kier molecular flexibility index (Phi) is 11.2. The van der Waals surface area contributed by atoms with Crippen LogP contribution in [-0.2, 0) is 26.2 Å². The van der Waals surface area contributed by atoms with Gasteiger partial charge in [0.25, 0.3) is 10.0 Å². The number of sulfonamides is 1. The number of carbonyl (C=O) groups excluding carboxylic acids is 2. The van der Waals surface area contributed by atoms with E-state index in [1.54, 1.807) is 60.7 Å². The maximum Gasteiger partial charge on any atom is 0.264 e. The van der Waals surface area contributed by atoms with Crippen LogP contribution in [0.5, 0.6) is 0 Å². The zero-order valence-corrected chi connectivity index (χ0v) is 26.4. The van der Waals surface area contributed by atoms with Crippen LogP contribution < -0.4 is 9.62 Å². The Morgan fingerprint density at radius 1 is 0.881 bits per heavy atom. The van der Waals surface area contributed by atoms with Crippen LogP contribution in [0.3, 0.4) is 0 Å². The fourth-order valence-electron chi connectivity index (χ4n) is 5.17. The molecule has 0 saturated heterocycles. The number of hydrogen-bond donors (Lipinski definition) is 1. The molecule has 11 heteroatoms. The van der Waals surface area contributed by atoms with Crippen molar-refractivity contribution < 1.29 is 18.0 Å². The Morgan fingerprint density at radius 3 is 2.10 bits per heavy atom. The van der Waals surface area contributed by atoms with Gasteiger partial charge in [0.2, 0.25) is 11.8 Å². The van der Waals surface area contributed by atoms with Gasteiger partial charge in [0, 0.05) is 33.2 Å². The Hall–Kier alpha value is -2.78. The van der Waals surface area contributed by atoms with E-state index in [0.29, 0.717) is 27.1 Å². The predicted molar refractivity (Wildman–Crippen MR) is 169 cm³/mol. The summed E-state index contributed by atoms with van der Waals surface area (Å²) in [6.07, 6.45) is 5.27. The van der Waals surface area contributed by atoms with E-state index in [4.69, 9.17) is 34.8 Å². The number of amides is 2. The molecule has 0 bridgehead atoms. The van der Waals surface area contributed by atoms with E-state index >= 15 is 0 Å². The maximum atomic E-state index is 14.2. The number of anilines is 1. The lowest BCUT2D eigenvalue weighted by atomic mass is 9.95. The van der Waals surface area contributed by atoms with Crippen molar-refractivity contribution in [2.45, 2.75) is 69.0 Å². The maximum absolute atomic E-state index is 14.2. The highest BCUT2D eigenvalue weighted by Gasteiger charge is 2.35. The molecule has 0 radical (unpaired) electrons. The molecule has 1 N–H and O–H groups in total. The molecular weight excluding hydrogens is 617 g/mol. The molecule has 0 heterocycles. The van der Waals surface area contributed by atoms with Crippen molar-refractivity contribution in [1.82, 2.24) is 10.2 Å². The lowest BCUT2D eigenvalue weighted by Gasteiger charge is -2.34. The standard InChI is InChI=1S/C31H34Cl3N3O4S/c1-2-29(31(39)35-23-10-5-3-6-11-23)36(20-26-27(33)14-9-15-28(26)34)30(38)21-37(24-18-16-22(32)17-19-24)42(40,41)25-12-7-4-8-13-25/h4,7-9,12-19,23,29H,2-3,5-6,10-11,20-21H2,1H3,(H,35,39). The first-order valence-corrected chi connectivity index (χ1v) is 16.5. The van der Waals surface area contributed by atoms with Crippen LogP contribution >= 0.6 is 34.8 Å². The molecule has 1 fully saturated rings. The second-order valence-corrected chi connectivity index (χ2v) is 13.4. The van der Waals surface area contributed by atoms with Crippen LogP contribution in [0.25, 0.3) is 0 Å².